The van der Waals surface area contributed by atoms with Gasteiger partial charge in [-0.1, -0.05) is 30.3 Å². The van der Waals surface area contributed by atoms with Gasteiger partial charge in [-0.15, -0.1) is 11.3 Å². The predicted molar refractivity (Wildman–Crippen MR) is 95.5 cm³/mol. The first-order valence-electron chi connectivity index (χ1n) is 8.67. The van der Waals surface area contributed by atoms with Crippen molar-refractivity contribution in [3.05, 3.63) is 52.0 Å². The summed E-state index contributed by atoms with van der Waals surface area (Å²) in [5.41, 5.74) is 4.65. The van der Waals surface area contributed by atoms with Gasteiger partial charge in [0.25, 0.3) is 0 Å². The summed E-state index contributed by atoms with van der Waals surface area (Å²) in [6, 6.07) is 11.6. The molecule has 3 nitrogen and oxygen atoms in total. The zero-order chi connectivity index (χ0) is 15.6. The van der Waals surface area contributed by atoms with Crippen LogP contribution in [0.5, 0.6) is 0 Å². The Bertz CT molecular complexity index is 639. The third-order valence-electron chi connectivity index (χ3n) is 5.34. The number of fused-ring (bicyclic) bond motifs is 4. The van der Waals surface area contributed by atoms with Gasteiger partial charge in [0.05, 0.1) is 11.2 Å². The number of rotatable bonds is 4. The maximum Gasteiger partial charge on any atom is 0.0798 e. The monoisotopic (exact) mass is 327 g/mol. The van der Waals surface area contributed by atoms with Crippen LogP contribution in [0, 0.1) is 12.8 Å². The highest BCUT2D eigenvalue weighted by molar-refractivity contribution is 7.09. The highest BCUT2D eigenvalue weighted by Gasteiger charge is 2.34. The number of hydrogen-bond acceptors (Lipinski definition) is 4. The average molecular weight is 327 g/mol. The summed E-state index contributed by atoms with van der Waals surface area (Å²) in [4.78, 5) is 11.3. The minimum Gasteiger partial charge on any atom is -0.297 e. The van der Waals surface area contributed by atoms with Crippen LogP contribution in [0.1, 0.15) is 29.0 Å². The van der Waals surface area contributed by atoms with Crippen molar-refractivity contribution >= 4 is 11.3 Å². The fourth-order valence-electron chi connectivity index (χ4n) is 4.10. The number of aromatic nitrogens is 1. The Kier molecular flexibility index (Phi) is 4.47. The Morgan fingerprint density at radius 2 is 1.96 bits per heavy atom. The molecule has 122 valence electrons. The Hall–Kier alpha value is -1.23. The first-order valence-corrected chi connectivity index (χ1v) is 9.55. The zero-order valence-corrected chi connectivity index (χ0v) is 14.6. The first kappa shape index (κ1) is 15.3. The Morgan fingerprint density at radius 3 is 2.74 bits per heavy atom. The molecule has 5 rings (SSSR count). The standard InChI is InChI=1S/C19H25N3S/c1-15-19(23-14-20-15)13-22-11-17-7-8-18(22)12-21(10-17)9-16-5-3-2-4-6-16/h2-6,14,17-18H,7-13H2,1H3/t17-,18+/m1/s1. The summed E-state index contributed by atoms with van der Waals surface area (Å²) in [7, 11) is 0. The highest BCUT2D eigenvalue weighted by Crippen LogP contribution is 2.30. The normalized spacial score (nSPS) is 25.6. The van der Waals surface area contributed by atoms with Gasteiger partial charge in [-0.2, -0.15) is 0 Å². The molecule has 1 aromatic carbocycles. The van der Waals surface area contributed by atoms with Crippen LogP contribution in [-0.4, -0.2) is 40.5 Å². The highest BCUT2D eigenvalue weighted by atomic mass is 32.1. The molecule has 0 spiro atoms. The number of hydrogen-bond donors (Lipinski definition) is 0. The van der Waals surface area contributed by atoms with Crippen LogP contribution in [-0.2, 0) is 13.1 Å². The Balaban J connectivity index is 1.45. The van der Waals surface area contributed by atoms with Crippen molar-refractivity contribution in [3.63, 3.8) is 0 Å². The Morgan fingerprint density at radius 1 is 1.09 bits per heavy atom. The molecule has 0 N–H and O–H groups in total. The molecule has 2 atom stereocenters. The third kappa shape index (κ3) is 3.49. The summed E-state index contributed by atoms with van der Waals surface area (Å²) in [5.74, 6) is 0.825. The van der Waals surface area contributed by atoms with Crippen molar-refractivity contribution in [3.8, 4) is 0 Å². The molecule has 3 aliphatic heterocycles. The maximum absolute atomic E-state index is 4.42. The number of aryl methyl sites for hydroxylation is 1. The lowest BCUT2D eigenvalue weighted by Crippen LogP contribution is -2.43. The average Bonchev–Trinajstić information content (AvgIpc) is 2.78. The van der Waals surface area contributed by atoms with Crippen LogP contribution in [0.3, 0.4) is 0 Å². The largest absolute Gasteiger partial charge is 0.297 e. The first-order chi connectivity index (χ1) is 11.3. The summed E-state index contributed by atoms with van der Waals surface area (Å²) < 4.78 is 0. The molecule has 2 aromatic rings. The molecule has 0 unspecified atom stereocenters. The lowest BCUT2D eigenvalue weighted by molar-refractivity contribution is 0.124. The number of thiazole rings is 1. The molecule has 0 aliphatic carbocycles. The molecule has 0 saturated carbocycles. The van der Waals surface area contributed by atoms with E-state index in [-0.39, 0.29) is 0 Å². The molecule has 3 aliphatic rings. The summed E-state index contributed by atoms with van der Waals surface area (Å²) in [5, 5.41) is 0. The van der Waals surface area contributed by atoms with E-state index in [0.717, 1.165) is 19.0 Å². The van der Waals surface area contributed by atoms with E-state index in [1.165, 1.54) is 48.6 Å². The molecule has 3 fully saturated rings. The molecule has 0 radical (unpaired) electrons. The van der Waals surface area contributed by atoms with Gasteiger partial charge < -0.3 is 0 Å². The van der Waals surface area contributed by atoms with Crippen LogP contribution in [0.4, 0.5) is 0 Å². The van der Waals surface area contributed by atoms with Crippen LogP contribution >= 0.6 is 11.3 Å². The smallest absolute Gasteiger partial charge is 0.0798 e. The van der Waals surface area contributed by atoms with Crippen molar-refractivity contribution in [2.24, 2.45) is 5.92 Å². The number of piperidine rings is 1. The maximum atomic E-state index is 4.42. The number of nitrogens with zero attached hydrogens (tertiary/aromatic N) is 3. The van der Waals surface area contributed by atoms with Gasteiger partial charge in [-0.3, -0.25) is 9.80 Å². The summed E-state index contributed by atoms with van der Waals surface area (Å²) in [6.07, 6.45) is 2.75. The molecule has 3 saturated heterocycles. The zero-order valence-electron chi connectivity index (χ0n) is 13.8. The Labute approximate surface area is 143 Å². The van der Waals surface area contributed by atoms with Gasteiger partial charge in [-0.25, -0.2) is 4.98 Å². The topological polar surface area (TPSA) is 19.4 Å². The predicted octanol–water partition coefficient (Wildman–Crippen LogP) is 3.55. The van der Waals surface area contributed by atoms with Crippen molar-refractivity contribution in [2.45, 2.75) is 38.9 Å². The van der Waals surface area contributed by atoms with Crippen molar-refractivity contribution in [1.82, 2.24) is 14.8 Å². The van der Waals surface area contributed by atoms with Crippen molar-refractivity contribution in [1.29, 1.82) is 0 Å². The number of benzene rings is 1. The van der Waals surface area contributed by atoms with E-state index < -0.39 is 0 Å². The second kappa shape index (κ2) is 6.71. The molecule has 0 amide bonds. The molecule has 4 heteroatoms. The summed E-state index contributed by atoms with van der Waals surface area (Å²) in [6.45, 7) is 8.06. The van der Waals surface area contributed by atoms with Crippen LogP contribution in [0.2, 0.25) is 0 Å². The SMILES string of the molecule is Cc1ncsc1CN1C[C@@H]2CC[C@H]1CN(Cc1ccccc1)C2. The van der Waals surface area contributed by atoms with Crippen molar-refractivity contribution < 1.29 is 0 Å². The van der Waals surface area contributed by atoms with Crippen molar-refractivity contribution in [2.75, 3.05) is 19.6 Å². The molecule has 4 heterocycles. The molecule has 2 bridgehead atoms. The lowest BCUT2D eigenvalue weighted by atomic mass is 9.95. The van der Waals surface area contributed by atoms with Gasteiger partial charge in [0.2, 0.25) is 0 Å². The fourth-order valence-corrected chi connectivity index (χ4v) is 4.90. The van der Waals surface area contributed by atoms with Crippen LogP contribution in [0.25, 0.3) is 0 Å². The van der Waals surface area contributed by atoms with E-state index in [1.54, 1.807) is 0 Å². The van der Waals surface area contributed by atoms with Gasteiger partial charge in [0.15, 0.2) is 0 Å². The third-order valence-corrected chi connectivity index (χ3v) is 6.26. The molecular weight excluding hydrogens is 302 g/mol. The van der Waals surface area contributed by atoms with Gasteiger partial charge in [0.1, 0.15) is 0 Å². The second-order valence-corrected chi connectivity index (χ2v) is 8.01. The van der Waals surface area contributed by atoms with E-state index in [4.69, 9.17) is 0 Å². The van der Waals surface area contributed by atoms with E-state index >= 15 is 0 Å². The lowest BCUT2D eigenvalue weighted by Gasteiger charge is -2.36. The van der Waals surface area contributed by atoms with Gasteiger partial charge in [-0.05, 0) is 31.2 Å². The van der Waals surface area contributed by atoms with E-state index in [2.05, 4.69) is 52.0 Å². The second-order valence-electron chi connectivity index (χ2n) is 7.07. The van der Waals surface area contributed by atoms with E-state index in [9.17, 15) is 0 Å². The van der Waals surface area contributed by atoms with Crippen LogP contribution in [0.15, 0.2) is 35.8 Å². The molecule has 23 heavy (non-hydrogen) atoms. The fraction of sp³-hybridized carbons (Fsp3) is 0.526. The molecule has 1 aromatic heterocycles. The van der Waals surface area contributed by atoms with Gasteiger partial charge in [0, 0.05) is 43.6 Å². The van der Waals surface area contributed by atoms with Gasteiger partial charge >= 0.3 is 0 Å². The van der Waals surface area contributed by atoms with Crippen LogP contribution < -0.4 is 0 Å². The quantitative estimate of drug-likeness (QED) is 0.856. The minimum atomic E-state index is 0.707. The minimum absolute atomic E-state index is 0.707. The van der Waals surface area contributed by atoms with E-state index in [1.807, 2.05) is 16.8 Å². The summed E-state index contributed by atoms with van der Waals surface area (Å²) >= 11 is 1.81. The molecular formula is C19H25N3S. The van der Waals surface area contributed by atoms with E-state index in [0.29, 0.717) is 6.04 Å².